The van der Waals surface area contributed by atoms with Crippen LogP contribution in [0.3, 0.4) is 0 Å². The summed E-state index contributed by atoms with van der Waals surface area (Å²) >= 11 is 0. The molecule has 1 heterocycles. The van der Waals surface area contributed by atoms with Crippen LogP contribution in [0.4, 0.5) is 5.95 Å². The second kappa shape index (κ2) is 7.16. The molecule has 1 aromatic heterocycles. The van der Waals surface area contributed by atoms with Crippen LogP contribution in [0.25, 0.3) is 0 Å². The Kier molecular flexibility index (Phi) is 5.82. The Bertz CT molecular complexity index is 347. The monoisotopic (exact) mass is 241 g/mol. The summed E-state index contributed by atoms with van der Waals surface area (Å²) in [5, 5.41) is 18.0. The maximum Gasteiger partial charge on any atom is 0.225 e. The Morgan fingerprint density at radius 3 is 2.65 bits per heavy atom. The van der Waals surface area contributed by atoms with Gasteiger partial charge in [0.2, 0.25) is 5.95 Å². The molecule has 96 valence electrons. The first kappa shape index (κ1) is 13.8. The number of methoxy groups -OCH3 is 1. The van der Waals surface area contributed by atoms with Crippen molar-refractivity contribution in [1.29, 1.82) is 0 Å². The number of aliphatic hydroxyl groups excluding tert-OH is 2. The maximum atomic E-state index is 9.04. The number of aliphatic hydroxyl groups is 2. The first-order valence-corrected chi connectivity index (χ1v) is 5.51. The van der Waals surface area contributed by atoms with Crippen molar-refractivity contribution in [1.82, 2.24) is 9.97 Å². The summed E-state index contributed by atoms with van der Waals surface area (Å²) < 4.78 is 5.00. The van der Waals surface area contributed by atoms with Crippen molar-refractivity contribution in [2.45, 2.75) is 13.5 Å². The lowest BCUT2D eigenvalue weighted by atomic mass is 10.2. The molecule has 1 aromatic rings. The van der Waals surface area contributed by atoms with Gasteiger partial charge in [-0.05, 0) is 6.92 Å². The lowest BCUT2D eigenvalue weighted by molar-refractivity contribution is 0.202. The van der Waals surface area contributed by atoms with Crippen LogP contribution in [0, 0.1) is 6.92 Å². The minimum Gasteiger partial charge on any atom is -0.395 e. The standard InChI is InChI=1S/C11H19N3O3/c1-9-10(8-16)7-12-11(13-9)14(3-5-15)4-6-17-2/h7,15-16H,3-6,8H2,1-2H3. The van der Waals surface area contributed by atoms with Gasteiger partial charge in [0, 0.05) is 37.7 Å². The fourth-order valence-electron chi connectivity index (χ4n) is 1.42. The Hall–Kier alpha value is -1.24. The van der Waals surface area contributed by atoms with Crippen molar-refractivity contribution >= 4 is 5.95 Å². The zero-order chi connectivity index (χ0) is 12.7. The molecule has 0 unspecified atom stereocenters. The van der Waals surface area contributed by atoms with E-state index in [9.17, 15) is 0 Å². The Labute approximate surface area is 101 Å². The van der Waals surface area contributed by atoms with E-state index in [1.165, 1.54) is 0 Å². The van der Waals surface area contributed by atoms with Gasteiger partial charge in [0.15, 0.2) is 0 Å². The van der Waals surface area contributed by atoms with E-state index in [1.807, 2.05) is 11.8 Å². The number of aromatic nitrogens is 2. The first-order valence-electron chi connectivity index (χ1n) is 5.51. The van der Waals surface area contributed by atoms with Crippen molar-refractivity contribution < 1.29 is 14.9 Å². The number of ether oxygens (including phenoxy) is 1. The van der Waals surface area contributed by atoms with Gasteiger partial charge in [-0.15, -0.1) is 0 Å². The lowest BCUT2D eigenvalue weighted by Gasteiger charge is -2.21. The van der Waals surface area contributed by atoms with E-state index in [2.05, 4.69) is 9.97 Å². The first-order chi connectivity index (χ1) is 8.22. The molecular weight excluding hydrogens is 222 g/mol. The Balaban J connectivity index is 2.82. The summed E-state index contributed by atoms with van der Waals surface area (Å²) in [5.41, 5.74) is 1.46. The van der Waals surface area contributed by atoms with Crippen LogP contribution in [0.5, 0.6) is 0 Å². The van der Waals surface area contributed by atoms with Crippen LogP contribution in [0.15, 0.2) is 6.20 Å². The van der Waals surface area contributed by atoms with Gasteiger partial charge in [-0.25, -0.2) is 9.97 Å². The van der Waals surface area contributed by atoms with Crippen molar-refractivity contribution in [3.05, 3.63) is 17.5 Å². The van der Waals surface area contributed by atoms with E-state index in [0.717, 1.165) is 5.69 Å². The van der Waals surface area contributed by atoms with Gasteiger partial charge in [0.1, 0.15) is 0 Å². The number of aryl methyl sites for hydroxylation is 1. The van der Waals surface area contributed by atoms with Crippen LogP contribution in [-0.4, -0.2) is 53.6 Å². The molecule has 17 heavy (non-hydrogen) atoms. The molecule has 0 aliphatic rings. The normalized spacial score (nSPS) is 10.6. The summed E-state index contributed by atoms with van der Waals surface area (Å²) in [5.74, 6) is 0.547. The van der Waals surface area contributed by atoms with E-state index in [4.69, 9.17) is 14.9 Å². The van der Waals surface area contributed by atoms with E-state index in [0.29, 0.717) is 31.2 Å². The maximum absolute atomic E-state index is 9.04. The second-order valence-corrected chi connectivity index (χ2v) is 3.64. The third-order valence-electron chi connectivity index (χ3n) is 2.46. The highest BCUT2D eigenvalue weighted by molar-refractivity contribution is 5.32. The van der Waals surface area contributed by atoms with E-state index < -0.39 is 0 Å². The van der Waals surface area contributed by atoms with Gasteiger partial charge in [0.05, 0.1) is 19.8 Å². The molecule has 0 atom stereocenters. The molecule has 6 heteroatoms. The molecule has 6 nitrogen and oxygen atoms in total. The number of nitrogens with zero attached hydrogens (tertiary/aromatic N) is 3. The van der Waals surface area contributed by atoms with Crippen molar-refractivity contribution in [3.63, 3.8) is 0 Å². The number of hydrogen-bond donors (Lipinski definition) is 2. The van der Waals surface area contributed by atoms with E-state index >= 15 is 0 Å². The molecule has 0 radical (unpaired) electrons. The van der Waals surface area contributed by atoms with Gasteiger partial charge in [-0.1, -0.05) is 0 Å². The second-order valence-electron chi connectivity index (χ2n) is 3.64. The number of rotatable bonds is 7. The molecule has 0 spiro atoms. The van der Waals surface area contributed by atoms with Gasteiger partial charge in [-0.3, -0.25) is 0 Å². The molecule has 0 aliphatic carbocycles. The third kappa shape index (κ3) is 3.92. The molecule has 0 aliphatic heterocycles. The van der Waals surface area contributed by atoms with Crippen molar-refractivity contribution in [2.24, 2.45) is 0 Å². The molecule has 0 saturated carbocycles. The summed E-state index contributed by atoms with van der Waals surface area (Å²) in [4.78, 5) is 10.3. The predicted octanol–water partition coefficient (Wildman–Crippen LogP) is -0.278. The smallest absolute Gasteiger partial charge is 0.225 e. The van der Waals surface area contributed by atoms with Crippen molar-refractivity contribution in [2.75, 3.05) is 38.3 Å². The van der Waals surface area contributed by atoms with E-state index in [-0.39, 0.29) is 13.2 Å². The SMILES string of the molecule is COCCN(CCO)c1ncc(CO)c(C)n1. The van der Waals surface area contributed by atoms with Crippen LogP contribution in [0.2, 0.25) is 0 Å². The molecule has 0 fully saturated rings. The largest absolute Gasteiger partial charge is 0.395 e. The fraction of sp³-hybridized carbons (Fsp3) is 0.636. The topological polar surface area (TPSA) is 78.7 Å². The van der Waals surface area contributed by atoms with E-state index in [1.54, 1.807) is 13.3 Å². The minimum atomic E-state index is -0.0653. The molecule has 2 N–H and O–H groups in total. The molecule has 1 rings (SSSR count). The average molecular weight is 241 g/mol. The lowest BCUT2D eigenvalue weighted by Crippen LogP contribution is -2.32. The van der Waals surface area contributed by atoms with Crippen LogP contribution in [0.1, 0.15) is 11.3 Å². The Morgan fingerprint density at radius 2 is 2.12 bits per heavy atom. The number of hydrogen-bond acceptors (Lipinski definition) is 6. The molecular formula is C11H19N3O3. The molecule has 0 aromatic carbocycles. The summed E-state index contributed by atoms with van der Waals surface area (Å²) in [6.45, 7) is 3.42. The van der Waals surface area contributed by atoms with Gasteiger partial charge in [-0.2, -0.15) is 0 Å². The molecule has 0 bridgehead atoms. The van der Waals surface area contributed by atoms with Crippen molar-refractivity contribution in [3.8, 4) is 0 Å². The van der Waals surface area contributed by atoms with Crippen LogP contribution >= 0.6 is 0 Å². The highest BCUT2D eigenvalue weighted by Crippen LogP contribution is 2.10. The van der Waals surface area contributed by atoms with Gasteiger partial charge in [0.25, 0.3) is 0 Å². The van der Waals surface area contributed by atoms with Gasteiger partial charge >= 0.3 is 0 Å². The molecule has 0 saturated heterocycles. The van der Waals surface area contributed by atoms with Crippen LogP contribution in [-0.2, 0) is 11.3 Å². The quantitative estimate of drug-likeness (QED) is 0.683. The highest BCUT2D eigenvalue weighted by Gasteiger charge is 2.10. The average Bonchev–Trinajstić information content (AvgIpc) is 2.34. The fourth-order valence-corrected chi connectivity index (χ4v) is 1.42. The van der Waals surface area contributed by atoms with Crippen LogP contribution < -0.4 is 4.90 Å². The highest BCUT2D eigenvalue weighted by atomic mass is 16.5. The third-order valence-corrected chi connectivity index (χ3v) is 2.46. The van der Waals surface area contributed by atoms with Gasteiger partial charge < -0.3 is 19.8 Å². The minimum absolute atomic E-state index is 0.0356. The summed E-state index contributed by atoms with van der Waals surface area (Å²) in [6, 6.07) is 0. The molecule has 0 amide bonds. The Morgan fingerprint density at radius 1 is 1.35 bits per heavy atom. The zero-order valence-corrected chi connectivity index (χ0v) is 10.3. The number of anilines is 1. The summed E-state index contributed by atoms with van der Waals surface area (Å²) in [6.07, 6.45) is 1.61. The summed E-state index contributed by atoms with van der Waals surface area (Å²) in [7, 11) is 1.62. The zero-order valence-electron chi connectivity index (χ0n) is 10.3. The predicted molar refractivity (Wildman–Crippen MR) is 63.9 cm³/mol.